The van der Waals surface area contributed by atoms with Crippen molar-refractivity contribution in [1.82, 2.24) is 9.97 Å². The number of halogens is 1. The van der Waals surface area contributed by atoms with Crippen LogP contribution in [-0.2, 0) is 0 Å². The Morgan fingerprint density at radius 1 is 1.00 bits per heavy atom. The highest BCUT2D eigenvalue weighted by Crippen LogP contribution is 2.38. The Balaban J connectivity index is 1.56. The molecule has 1 aliphatic rings. The van der Waals surface area contributed by atoms with Gasteiger partial charge >= 0.3 is 5.69 Å². The molecule has 2 aromatic carbocycles. The zero-order valence-electron chi connectivity index (χ0n) is 16.4. The molecular formula is C21H20FN5O2S. The third-order valence-corrected chi connectivity index (χ3v) is 5.96. The molecule has 9 heteroatoms. The van der Waals surface area contributed by atoms with Gasteiger partial charge in [-0.05, 0) is 31.2 Å². The van der Waals surface area contributed by atoms with E-state index in [2.05, 4.69) is 9.97 Å². The van der Waals surface area contributed by atoms with Crippen LogP contribution in [-0.4, -0.2) is 41.1 Å². The molecule has 1 aromatic heterocycles. The number of hydrogen-bond donors (Lipinski definition) is 0. The molecule has 1 aliphatic heterocycles. The second-order valence-corrected chi connectivity index (χ2v) is 8.01. The lowest BCUT2D eigenvalue weighted by Gasteiger charge is -2.36. The quantitative estimate of drug-likeness (QED) is 0.342. The van der Waals surface area contributed by atoms with E-state index in [1.807, 2.05) is 41.0 Å². The summed E-state index contributed by atoms with van der Waals surface area (Å²) in [6.45, 7) is 4.08. The van der Waals surface area contributed by atoms with E-state index in [1.54, 1.807) is 18.2 Å². The molecule has 4 rings (SSSR count). The van der Waals surface area contributed by atoms with E-state index >= 15 is 0 Å². The largest absolute Gasteiger partial charge is 0.366 e. The van der Waals surface area contributed by atoms with Gasteiger partial charge in [0.15, 0.2) is 5.03 Å². The second kappa shape index (κ2) is 8.66. The summed E-state index contributed by atoms with van der Waals surface area (Å²) in [5, 5.41) is 12.2. The second-order valence-electron chi connectivity index (χ2n) is 6.95. The molecular weight excluding hydrogens is 405 g/mol. The first-order chi connectivity index (χ1) is 14.5. The Labute approximate surface area is 177 Å². The van der Waals surface area contributed by atoms with Crippen LogP contribution in [0.3, 0.4) is 0 Å². The highest BCUT2D eigenvalue weighted by molar-refractivity contribution is 7.99. The van der Waals surface area contributed by atoms with Crippen molar-refractivity contribution in [3.8, 4) is 0 Å². The third kappa shape index (κ3) is 4.20. The first-order valence-corrected chi connectivity index (χ1v) is 10.3. The molecule has 3 aromatic rings. The van der Waals surface area contributed by atoms with Crippen molar-refractivity contribution < 1.29 is 9.31 Å². The molecule has 7 nitrogen and oxygen atoms in total. The average Bonchev–Trinajstić information content (AvgIpc) is 2.75. The molecule has 1 saturated heterocycles. The highest BCUT2D eigenvalue weighted by Gasteiger charge is 2.30. The van der Waals surface area contributed by atoms with Crippen LogP contribution >= 0.6 is 11.8 Å². The van der Waals surface area contributed by atoms with Crippen LogP contribution in [0.1, 0.15) is 5.56 Å². The van der Waals surface area contributed by atoms with Crippen molar-refractivity contribution in [2.75, 3.05) is 36.0 Å². The van der Waals surface area contributed by atoms with Crippen LogP contribution in [0.2, 0.25) is 0 Å². The van der Waals surface area contributed by atoms with Gasteiger partial charge in [0.05, 0.1) is 10.6 Å². The van der Waals surface area contributed by atoms with Gasteiger partial charge in [-0.25, -0.2) is 14.4 Å². The summed E-state index contributed by atoms with van der Waals surface area (Å²) < 4.78 is 14.1. The smallest absolute Gasteiger partial charge is 0.343 e. The van der Waals surface area contributed by atoms with Crippen LogP contribution in [0.5, 0.6) is 0 Å². The molecule has 1 fully saturated rings. The number of aromatic nitrogens is 2. The minimum Gasteiger partial charge on any atom is -0.366 e. The number of anilines is 2. The van der Waals surface area contributed by atoms with Crippen molar-refractivity contribution >= 4 is 29.0 Å². The predicted octanol–water partition coefficient (Wildman–Crippen LogP) is 4.31. The number of para-hydroxylation sites is 1. The number of benzene rings is 2. The first kappa shape index (κ1) is 20.1. The first-order valence-electron chi connectivity index (χ1n) is 9.51. The van der Waals surface area contributed by atoms with Gasteiger partial charge in [0.1, 0.15) is 12.1 Å². The maximum absolute atomic E-state index is 14.1. The van der Waals surface area contributed by atoms with E-state index in [0.717, 1.165) is 10.5 Å². The van der Waals surface area contributed by atoms with Gasteiger partial charge in [0.25, 0.3) is 0 Å². The van der Waals surface area contributed by atoms with Gasteiger partial charge in [-0.1, -0.05) is 41.6 Å². The van der Waals surface area contributed by atoms with Gasteiger partial charge in [0.2, 0.25) is 5.82 Å². The Bertz CT molecular complexity index is 1060. The van der Waals surface area contributed by atoms with Crippen LogP contribution in [0.25, 0.3) is 0 Å². The summed E-state index contributed by atoms with van der Waals surface area (Å²) in [5.74, 6) is 0.0357. The van der Waals surface area contributed by atoms with E-state index in [1.165, 1.54) is 24.2 Å². The van der Waals surface area contributed by atoms with Gasteiger partial charge in [-0.2, -0.15) is 0 Å². The van der Waals surface area contributed by atoms with Gasteiger partial charge in [-0.3, -0.25) is 10.1 Å². The Kier molecular flexibility index (Phi) is 5.80. The van der Waals surface area contributed by atoms with Gasteiger partial charge < -0.3 is 9.80 Å². The molecule has 0 bridgehead atoms. The minimum absolute atomic E-state index is 0.0950. The summed E-state index contributed by atoms with van der Waals surface area (Å²) in [6, 6.07) is 14.4. The SMILES string of the molecule is Cc1ccc(Sc2ncnc(N3CCN(c4ccccc4F)CC3)c2[N+](=O)[O-])cc1. The van der Waals surface area contributed by atoms with Crippen molar-refractivity contribution in [2.45, 2.75) is 16.8 Å². The lowest BCUT2D eigenvalue weighted by atomic mass is 10.2. The lowest BCUT2D eigenvalue weighted by Crippen LogP contribution is -2.47. The molecule has 0 saturated carbocycles. The minimum atomic E-state index is -0.422. The van der Waals surface area contributed by atoms with Crippen molar-refractivity contribution in [3.63, 3.8) is 0 Å². The van der Waals surface area contributed by atoms with E-state index in [9.17, 15) is 14.5 Å². The average molecular weight is 425 g/mol. The van der Waals surface area contributed by atoms with Crippen LogP contribution in [0.4, 0.5) is 21.6 Å². The molecule has 0 amide bonds. The molecule has 0 spiro atoms. The molecule has 0 N–H and O–H groups in total. The van der Waals surface area contributed by atoms with E-state index < -0.39 is 4.92 Å². The fourth-order valence-electron chi connectivity index (χ4n) is 3.41. The summed E-state index contributed by atoms with van der Waals surface area (Å²) in [5.41, 5.74) is 1.57. The Morgan fingerprint density at radius 3 is 2.33 bits per heavy atom. The number of rotatable bonds is 5. The number of nitrogens with zero attached hydrogens (tertiary/aromatic N) is 5. The zero-order chi connectivity index (χ0) is 21.1. The summed E-state index contributed by atoms with van der Waals surface area (Å²) in [4.78, 5) is 24.5. The van der Waals surface area contributed by atoms with Crippen molar-refractivity contribution in [1.29, 1.82) is 0 Å². The fourth-order valence-corrected chi connectivity index (χ4v) is 4.26. The fraction of sp³-hybridized carbons (Fsp3) is 0.238. The van der Waals surface area contributed by atoms with E-state index in [0.29, 0.717) is 42.7 Å². The van der Waals surface area contributed by atoms with Crippen LogP contribution in [0.15, 0.2) is 64.8 Å². The maximum atomic E-state index is 14.1. The third-order valence-electron chi connectivity index (χ3n) is 4.96. The van der Waals surface area contributed by atoms with E-state index in [-0.39, 0.29) is 11.5 Å². The standard InChI is InChI=1S/C21H20FN5O2S/c1-15-6-8-16(9-7-15)30-21-19(27(28)29)20(23-14-24-21)26-12-10-25(11-13-26)18-5-3-2-4-17(18)22/h2-9,14H,10-13H2,1H3. The number of hydrogen-bond acceptors (Lipinski definition) is 7. The molecule has 2 heterocycles. The zero-order valence-corrected chi connectivity index (χ0v) is 17.2. The monoisotopic (exact) mass is 425 g/mol. The van der Waals surface area contributed by atoms with Crippen molar-refractivity contribution in [2.24, 2.45) is 0 Å². The number of nitro groups is 1. The molecule has 0 radical (unpaired) electrons. The molecule has 0 atom stereocenters. The van der Waals surface area contributed by atoms with Crippen molar-refractivity contribution in [3.05, 3.63) is 76.4 Å². The normalized spacial score (nSPS) is 14.1. The predicted molar refractivity (Wildman–Crippen MR) is 115 cm³/mol. The van der Waals surface area contributed by atoms with Crippen LogP contribution < -0.4 is 9.80 Å². The maximum Gasteiger partial charge on any atom is 0.343 e. The number of aryl methyl sites for hydroxylation is 1. The summed E-state index contributed by atoms with van der Waals surface area (Å²) in [7, 11) is 0. The van der Waals surface area contributed by atoms with Crippen LogP contribution in [0, 0.1) is 22.9 Å². The topological polar surface area (TPSA) is 75.4 Å². The molecule has 30 heavy (non-hydrogen) atoms. The summed E-state index contributed by atoms with van der Waals surface area (Å²) >= 11 is 1.25. The van der Waals surface area contributed by atoms with E-state index in [4.69, 9.17) is 0 Å². The molecule has 154 valence electrons. The van der Waals surface area contributed by atoms with Gasteiger partial charge in [0, 0.05) is 31.1 Å². The highest BCUT2D eigenvalue weighted by atomic mass is 32.2. The summed E-state index contributed by atoms with van der Waals surface area (Å²) in [6.07, 6.45) is 1.36. The Morgan fingerprint density at radius 2 is 1.67 bits per heavy atom. The molecule has 0 aliphatic carbocycles. The lowest BCUT2D eigenvalue weighted by molar-refractivity contribution is -0.387. The molecule has 0 unspecified atom stereocenters. The number of piperazine rings is 1. The van der Waals surface area contributed by atoms with Gasteiger partial charge in [-0.15, -0.1) is 0 Å². The Hall–Kier alpha value is -3.20.